The number of amides is 2. The molecule has 5 nitrogen and oxygen atoms in total. The smallest absolute Gasteiger partial charge is 0.238 e. The van der Waals surface area contributed by atoms with E-state index in [1.165, 1.54) is 29.8 Å². The van der Waals surface area contributed by atoms with Gasteiger partial charge in [0, 0.05) is 37.6 Å². The molecule has 0 spiro atoms. The maximum atomic E-state index is 12.9. The van der Waals surface area contributed by atoms with E-state index >= 15 is 0 Å². The van der Waals surface area contributed by atoms with Gasteiger partial charge in [-0.05, 0) is 29.8 Å². The monoisotopic (exact) mass is 401 g/mol. The first kappa shape index (κ1) is 20.4. The number of rotatable bonds is 7. The molecule has 0 aromatic heterocycles. The Balaban J connectivity index is 1.34. The van der Waals surface area contributed by atoms with Crippen LogP contribution >= 0.6 is 11.8 Å². The normalized spacial score (nSPS) is 14.7. The average molecular weight is 402 g/mol. The van der Waals surface area contributed by atoms with Gasteiger partial charge in [-0.2, -0.15) is 0 Å². The minimum atomic E-state index is -0.333. The summed E-state index contributed by atoms with van der Waals surface area (Å²) in [5.74, 6) is 0.984. The topological polar surface area (TPSA) is 52.7 Å². The largest absolute Gasteiger partial charge is 0.339 e. The number of nitrogens with one attached hydrogen (secondary N) is 1. The van der Waals surface area contributed by atoms with Gasteiger partial charge in [0.1, 0.15) is 5.82 Å². The lowest BCUT2D eigenvalue weighted by Crippen LogP contribution is -2.50. The quantitative estimate of drug-likeness (QED) is 0.775. The van der Waals surface area contributed by atoms with Gasteiger partial charge in [-0.3, -0.25) is 14.5 Å². The number of anilines is 1. The Morgan fingerprint density at radius 1 is 0.964 bits per heavy atom. The molecule has 0 atom stereocenters. The van der Waals surface area contributed by atoms with E-state index in [-0.39, 0.29) is 24.2 Å². The molecule has 2 amide bonds. The van der Waals surface area contributed by atoms with E-state index in [0.717, 1.165) is 5.75 Å². The van der Waals surface area contributed by atoms with Crippen molar-refractivity contribution in [2.24, 2.45) is 0 Å². The molecule has 0 saturated carbocycles. The molecule has 1 fully saturated rings. The SMILES string of the molecule is O=C(CN1CCN(C(=O)CSCc2ccccc2)CC1)Nc1ccc(F)cc1. The van der Waals surface area contributed by atoms with E-state index < -0.39 is 0 Å². The van der Waals surface area contributed by atoms with Gasteiger partial charge in [-0.1, -0.05) is 30.3 Å². The van der Waals surface area contributed by atoms with Crippen LogP contribution in [0.15, 0.2) is 54.6 Å². The van der Waals surface area contributed by atoms with Crippen molar-refractivity contribution < 1.29 is 14.0 Å². The van der Waals surface area contributed by atoms with Crippen LogP contribution in [0.1, 0.15) is 5.56 Å². The molecular formula is C21H24FN3O2S. The lowest BCUT2D eigenvalue weighted by Gasteiger charge is -2.34. The maximum Gasteiger partial charge on any atom is 0.238 e. The van der Waals surface area contributed by atoms with E-state index in [2.05, 4.69) is 17.4 Å². The number of hydrogen-bond acceptors (Lipinski definition) is 4. The second-order valence-corrected chi connectivity index (χ2v) is 7.68. The van der Waals surface area contributed by atoms with Gasteiger partial charge in [0.05, 0.1) is 12.3 Å². The zero-order valence-electron chi connectivity index (χ0n) is 15.6. The summed E-state index contributed by atoms with van der Waals surface area (Å²) < 4.78 is 12.9. The molecule has 0 radical (unpaired) electrons. The van der Waals surface area contributed by atoms with Crippen molar-refractivity contribution in [3.05, 3.63) is 66.0 Å². The Morgan fingerprint density at radius 2 is 1.64 bits per heavy atom. The zero-order chi connectivity index (χ0) is 19.8. The fourth-order valence-corrected chi connectivity index (χ4v) is 3.90. The first-order chi connectivity index (χ1) is 13.6. The van der Waals surface area contributed by atoms with Crippen LogP contribution in [0.25, 0.3) is 0 Å². The zero-order valence-corrected chi connectivity index (χ0v) is 16.5. The Labute approximate surface area is 168 Å². The fraction of sp³-hybridized carbons (Fsp3) is 0.333. The van der Waals surface area contributed by atoms with Crippen LogP contribution in [-0.2, 0) is 15.3 Å². The molecule has 1 heterocycles. The summed E-state index contributed by atoms with van der Waals surface area (Å²) in [5, 5.41) is 2.76. The Bertz CT molecular complexity index is 778. The molecular weight excluding hydrogens is 377 g/mol. The lowest BCUT2D eigenvalue weighted by atomic mass is 10.2. The lowest BCUT2D eigenvalue weighted by molar-refractivity contribution is -0.130. The van der Waals surface area contributed by atoms with Gasteiger partial charge < -0.3 is 10.2 Å². The first-order valence-electron chi connectivity index (χ1n) is 9.27. The number of halogens is 1. The van der Waals surface area contributed by atoms with E-state index in [1.807, 2.05) is 28.0 Å². The molecule has 0 bridgehead atoms. The third-order valence-corrected chi connectivity index (χ3v) is 5.55. The maximum absolute atomic E-state index is 12.9. The van der Waals surface area contributed by atoms with E-state index in [4.69, 9.17) is 0 Å². The highest BCUT2D eigenvalue weighted by Gasteiger charge is 2.22. The molecule has 7 heteroatoms. The summed E-state index contributed by atoms with van der Waals surface area (Å²) in [4.78, 5) is 28.4. The molecule has 148 valence electrons. The second-order valence-electron chi connectivity index (χ2n) is 6.69. The molecule has 1 N–H and O–H groups in total. The van der Waals surface area contributed by atoms with Crippen molar-refractivity contribution in [3.8, 4) is 0 Å². The number of nitrogens with zero attached hydrogens (tertiary/aromatic N) is 2. The van der Waals surface area contributed by atoms with Crippen LogP contribution in [0.3, 0.4) is 0 Å². The van der Waals surface area contributed by atoms with Gasteiger partial charge in [-0.15, -0.1) is 11.8 Å². The summed E-state index contributed by atoms with van der Waals surface area (Å²) in [6.45, 7) is 2.88. The molecule has 1 aliphatic heterocycles. The van der Waals surface area contributed by atoms with E-state index in [0.29, 0.717) is 37.6 Å². The molecule has 1 saturated heterocycles. The second kappa shape index (κ2) is 10.2. The van der Waals surface area contributed by atoms with Crippen molar-refractivity contribution in [2.45, 2.75) is 5.75 Å². The van der Waals surface area contributed by atoms with Crippen molar-refractivity contribution in [2.75, 3.05) is 43.8 Å². The highest BCUT2D eigenvalue weighted by molar-refractivity contribution is 7.99. The van der Waals surface area contributed by atoms with Gasteiger partial charge in [-0.25, -0.2) is 4.39 Å². The number of benzene rings is 2. The van der Waals surface area contributed by atoms with Gasteiger partial charge >= 0.3 is 0 Å². The number of carbonyl (C=O) groups excluding carboxylic acids is 2. The van der Waals surface area contributed by atoms with Crippen LogP contribution in [0, 0.1) is 5.82 Å². The summed E-state index contributed by atoms with van der Waals surface area (Å²) in [6, 6.07) is 15.8. The predicted molar refractivity (Wildman–Crippen MR) is 111 cm³/mol. The van der Waals surface area contributed by atoms with E-state index in [1.54, 1.807) is 11.8 Å². The first-order valence-corrected chi connectivity index (χ1v) is 10.4. The number of carbonyl (C=O) groups is 2. The Morgan fingerprint density at radius 3 is 2.32 bits per heavy atom. The minimum absolute atomic E-state index is 0.134. The highest BCUT2D eigenvalue weighted by atomic mass is 32.2. The molecule has 0 aliphatic carbocycles. The molecule has 0 unspecified atom stereocenters. The third-order valence-electron chi connectivity index (χ3n) is 4.56. The van der Waals surface area contributed by atoms with Gasteiger partial charge in [0.25, 0.3) is 0 Å². The molecule has 3 rings (SSSR count). The predicted octanol–water partition coefficient (Wildman–Crippen LogP) is 2.84. The molecule has 1 aliphatic rings. The van der Waals surface area contributed by atoms with Gasteiger partial charge in [0.2, 0.25) is 11.8 Å². The summed E-state index contributed by atoms with van der Waals surface area (Å²) in [7, 11) is 0. The Kier molecular flexibility index (Phi) is 7.45. The number of thioether (sulfide) groups is 1. The van der Waals surface area contributed by atoms with E-state index in [9.17, 15) is 14.0 Å². The minimum Gasteiger partial charge on any atom is -0.339 e. The van der Waals surface area contributed by atoms with Crippen molar-refractivity contribution in [1.29, 1.82) is 0 Å². The number of hydrogen-bond donors (Lipinski definition) is 1. The summed E-state index contributed by atoms with van der Waals surface area (Å²) >= 11 is 1.63. The average Bonchev–Trinajstić information content (AvgIpc) is 2.71. The number of piperazine rings is 1. The summed E-state index contributed by atoms with van der Waals surface area (Å²) in [5.41, 5.74) is 1.80. The molecule has 28 heavy (non-hydrogen) atoms. The highest BCUT2D eigenvalue weighted by Crippen LogP contribution is 2.13. The third kappa shape index (κ3) is 6.35. The standard InChI is InChI=1S/C21H24FN3O2S/c22-18-6-8-19(9-7-18)23-20(26)14-24-10-12-25(13-11-24)21(27)16-28-15-17-4-2-1-3-5-17/h1-9H,10-16H2,(H,23,26). The molecule has 2 aromatic rings. The van der Waals surface area contributed by atoms with Crippen LogP contribution in [-0.4, -0.2) is 60.1 Å². The van der Waals surface area contributed by atoms with Crippen molar-refractivity contribution in [3.63, 3.8) is 0 Å². The van der Waals surface area contributed by atoms with Gasteiger partial charge in [0.15, 0.2) is 0 Å². The van der Waals surface area contributed by atoms with Crippen LogP contribution < -0.4 is 5.32 Å². The molecule has 2 aromatic carbocycles. The van der Waals surface area contributed by atoms with Crippen LogP contribution in [0.2, 0.25) is 0 Å². The summed E-state index contributed by atoms with van der Waals surface area (Å²) in [6.07, 6.45) is 0. The van der Waals surface area contributed by atoms with Crippen molar-refractivity contribution >= 4 is 29.3 Å². The van der Waals surface area contributed by atoms with Crippen molar-refractivity contribution in [1.82, 2.24) is 9.80 Å². The van der Waals surface area contributed by atoms with Crippen LogP contribution in [0.5, 0.6) is 0 Å². The fourth-order valence-electron chi connectivity index (χ4n) is 3.01. The van der Waals surface area contributed by atoms with Crippen LogP contribution in [0.4, 0.5) is 10.1 Å². The Hall–Kier alpha value is -2.38.